The lowest BCUT2D eigenvalue weighted by Gasteiger charge is -2.08. The predicted octanol–water partition coefficient (Wildman–Crippen LogP) is 3.67. The quantitative estimate of drug-likeness (QED) is 0.762. The second-order valence-corrected chi connectivity index (χ2v) is 5.88. The molecule has 0 radical (unpaired) electrons. The number of ether oxygens (including phenoxy) is 2. The van der Waals surface area contributed by atoms with E-state index < -0.39 is 0 Å². The number of hydrogen-bond acceptors (Lipinski definition) is 4. The van der Waals surface area contributed by atoms with E-state index in [9.17, 15) is 4.79 Å². The zero-order chi connectivity index (χ0) is 18.7. The van der Waals surface area contributed by atoms with Crippen LogP contribution < -0.4 is 14.8 Å². The molecule has 3 aromatic rings. The van der Waals surface area contributed by atoms with Crippen LogP contribution in [0.5, 0.6) is 11.5 Å². The molecule has 0 aliphatic carbocycles. The SMILES string of the molecule is COc1ccc(-c2cc(C(=O)Nc3ccccc3OC)nn2C)cc1C. The number of carbonyl (C=O) groups excluding carboxylic acids is 1. The summed E-state index contributed by atoms with van der Waals surface area (Å²) in [5, 5.41) is 7.18. The molecular formula is C20H21N3O3. The van der Waals surface area contributed by atoms with Crippen LogP contribution in [-0.4, -0.2) is 29.9 Å². The molecule has 6 heteroatoms. The Hall–Kier alpha value is -3.28. The van der Waals surface area contributed by atoms with E-state index in [4.69, 9.17) is 9.47 Å². The first kappa shape index (κ1) is 17.5. The first-order valence-electron chi connectivity index (χ1n) is 8.17. The number of methoxy groups -OCH3 is 2. The largest absolute Gasteiger partial charge is 0.496 e. The van der Waals surface area contributed by atoms with Crippen molar-refractivity contribution in [3.05, 3.63) is 59.8 Å². The van der Waals surface area contributed by atoms with E-state index in [0.29, 0.717) is 17.1 Å². The zero-order valence-electron chi connectivity index (χ0n) is 15.2. The fourth-order valence-corrected chi connectivity index (χ4v) is 2.82. The van der Waals surface area contributed by atoms with Crippen molar-refractivity contribution in [1.82, 2.24) is 9.78 Å². The topological polar surface area (TPSA) is 65.4 Å². The molecule has 0 fully saturated rings. The van der Waals surface area contributed by atoms with E-state index in [1.54, 1.807) is 37.1 Å². The van der Waals surface area contributed by atoms with E-state index in [0.717, 1.165) is 22.6 Å². The number of hydrogen-bond donors (Lipinski definition) is 1. The number of nitrogens with one attached hydrogen (secondary N) is 1. The molecule has 0 spiro atoms. The third-order valence-corrected chi connectivity index (χ3v) is 4.16. The van der Waals surface area contributed by atoms with Crippen LogP contribution in [0.15, 0.2) is 48.5 Å². The van der Waals surface area contributed by atoms with Gasteiger partial charge in [0, 0.05) is 12.6 Å². The molecule has 0 atom stereocenters. The van der Waals surface area contributed by atoms with Crippen molar-refractivity contribution in [2.75, 3.05) is 19.5 Å². The maximum absolute atomic E-state index is 12.6. The molecule has 1 N–H and O–H groups in total. The van der Waals surface area contributed by atoms with Gasteiger partial charge in [-0.25, -0.2) is 0 Å². The molecule has 134 valence electrons. The van der Waals surface area contributed by atoms with Crippen molar-refractivity contribution >= 4 is 11.6 Å². The number of anilines is 1. The molecule has 6 nitrogen and oxygen atoms in total. The highest BCUT2D eigenvalue weighted by molar-refractivity contribution is 6.04. The maximum Gasteiger partial charge on any atom is 0.276 e. The van der Waals surface area contributed by atoms with Crippen LogP contribution in [0.2, 0.25) is 0 Å². The highest BCUT2D eigenvalue weighted by Crippen LogP contribution is 2.27. The molecular weight excluding hydrogens is 330 g/mol. The van der Waals surface area contributed by atoms with Gasteiger partial charge in [-0.05, 0) is 48.9 Å². The lowest BCUT2D eigenvalue weighted by Crippen LogP contribution is -2.13. The van der Waals surface area contributed by atoms with Gasteiger partial charge >= 0.3 is 0 Å². The number of nitrogens with zero attached hydrogens (tertiary/aromatic N) is 2. The second kappa shape index (κ2) is 7.31. The monoisotopic (exact) mass is 351 g/mol. The number of amides is 1. The smallest absolute Gasteiger partial charge is 0.276 e. The van der Waals surface area contributed by atoms with Crippen LogP contribution in [-0.2, 0) is 7.05 Å². The van der Waals surface area contributed by atoms with Crippen molar-refractivity contribution in [3.8, 4) is 22.8 Å². The molecule has 26 heavy (non-hydrogen) atoms. The third kappa shape index (κ3) is 3.39. The first-order chi connectivity index (χ1) is 12.5. The van der Waals surface area contributed by atoms with Crippen molar-refractivity contribution in [2.24, 2.45) is 7.05 Å². The normalized spacial score (nSPS) is 10.5. The van der Waals surface area contributed by atoms with Crippen LogP contribution in [0.25, 0.3) is 11.3 Å². The highest BCUT2D eigenvalue weighted by atomic mass is 16.5. The molecule has 0 aliphatic rings. The standard InChI is InChI=1S/C20H21N3O3/c1-13-11-14(9-10-18(13)25-3)17-12-16(22-23(17)2)20(24)21-15-7-5-6-8-19(15)26-4/h5-12H,1-4H3,(H,21,24). The predicted molar refractivity (Wildman–Crippen MR) is 101 cm³/mol. The minimum absolute atomic E-state index is 0.290. The van der Waals surface area contributed by atoms with Crippen molar-refractivity contribution < 1.29 is 14.3 Å². The summed E-state index contributed by atoms with van der Waals surface area (Å²) in [5.41, 5.74) is 3.77. The van der Waals surface area contributed by atoms with E-state index in [1.807, 2.05) is 44.3 Å². The van der Waals surface area contributed by atoms with E-state index >= 15 is 0 Å². The fraction of sp³-hybridized carbons (Fsp3) is 0.200. The van der Waals surface area contributed by atoms with Gasteiger partial charge in [-0.1, -0.05) is 12.1 Å². The molecule has 0 aliphatic heterocycles. The fourth-order valence-electron chi connectivity index (χ4n) is 2.82. The molecule has 0 bridgehead atoms. The van der Waals surface area contributed by atoms with Gasteiger partial charge in [0.05, 0.1) is 25.6 Å². The minimum Gasteiger partial charge on any atom is -0.496 e. The summed E-state index contributed by atoms with van der Waals surface area (Å²) in [4.78, 5) is 12.6. The average molecular weight is 351 g/mol. The average Bonchev–Trinajstić information content (AvgIpc) is 3.04. The first-order valence-corrected chi connectivity index (χ1v) is 8.17. The van der Waals surface area contributed by atoms with Crippen LogP contribution in [0.1, 0.15) is 16.1 Å². The van der Waals surface area contributed by atoms with Gasteiger partial charge in [-0.2, -0.15) is 5.10 Å². The van der Waals surface area contributed by atoms with Gasteiger partial charge < -0.3 is 14.8 Å². The van der Waals surface area contributed by atoms with Crippen LogP contribution in [0.4, 0.5) is 5.69 Å². The molecule has 0 saturated heterocycles. The summed E-state index contributed by atoms with van der Waals surface area (Å²) < 4.78 is 12.3. The lowest BCUT2D eigenvalue weighted by atomic mass is 10.1. The van der Waals surface area contributed by atoms with Gasteiger partial charge in [0.1, 0.15) is 11.5 Å². The Morgan fingerprint density at radius 2 is 1.77 bits per heavy atom. The maximum atomic E-state index is 12.6. The summed E-state index contributed by atoms with van der Waals surface area (Å²) in [6.07, 6.45) is 0. The number of benzene rings is 2. The molecule has 1 heterocycles. The molecule has 1 amide bonds. The molecule has 0 saturated carbocycles. The lowest BCUT2D eigenvalue weighted by molar-refractivity contribution is 0.102. The van der Waals surface area contributed by atoms with Crippen molar-refractivity contribution in [3.63, 3.8) is 0 Å². The Balaban J connectivity index is 1.88. The van der Waals surface area contributed by atoms with Crippen LogP contribution in [0.3, 0.4) is 0 Å². The van der Waals surface area contributed by atoms with Gasteiger partial charge in [-0.15, -0.1) is 0 Å². The number of carbonyl (C=O) groups is 1. The molecule has 0 unspecified atom stereocenters. The summed E-state index contributed by atoms with van der Waals surface area (Å²) in [6, 6.07) is 14.9. The summed E-state index contributed by atoms with van der Waals surface area (Å²) >= 11 is 0. The Morgan fingerprint density at radius 1 is 1.04 bits per heavy atom. The van der Waals surface area contributed by atoms with Crippen LogP contribution >= 0.6 is 0 Å². The summed E-state index contributed by atoms with van der Waals surface area (Å²) in [6.45, 7) is 1.98. The highest BCUT2D eigenvalue weighted by Gasteiger charge is 2.16. The zero-order valence-corrected chi connectivity index (χ0v) is 15.2. The van der Waals surface area contributed by atoms with Crippen molar-refractivity contribution in [1.29, 1.82) is 0 Å². The molecule has 2 aromatic carbocycles. The molecule has 3 rings (SSSR count). The van der Waals surface area contributed by atoms with Crippen molar-refractivity contribution in [2.45, 2.75) is 6.92 Å². The third-order valence-electron chi connectivity index (χ3n) is 4.16. The number of aromatic nitrogens is 2. The molecule has 1 aromatic heterocycles. The minimum atomic E-state index is -0.290. The van der Waals surface area contributed by atoms with E-state index in [-0.39, 0.29) is 5.91 Å². The summed E-state index contributed by atoms with van der Waals surface area (Å²) in [5.74, 6) is 1.13. The van der Waals surface area contributed by atoms with E-state index in [2.05, 4.69) is 10.4 Å². The van der Waals surface area contributed by atoms with Gasteiger partial charge in [0.25, 0.3) is 5.91 Å². The Kier molecular flexibility index (Phi) is 4.93. The van der Waals surface area contributed by atoms with Gasteiger partial charge in [0.2, 0.25) is 0 Å². The summed E-state index contributed by atoms with van der Waals surface area (Å²) in [7, 11) is 5.02. The Labute approximate surface area is 152 Å². The number of rotatable bonds is 5. The van der Waals surface area contributed by atoms with Gasteiger partial charge in [-0.3, -0.25) is 9.48 Å². The van der Waals surface area contributed by atoms with E-state index in [1.165, 1.54) is 0 Å². The Bertz CT molecular complexity index is 947. The number of aryl methyl sites for hydroxylation is 2. The number of para-hydroxylation sites is 2. The second-order valence-electron chi connectivity index (χ2n) is 5.88. The van der Waals surface area contributed by atoms with Gasteiger partial charge in [0.15, 0.2) is 5.69 Å². The Morgan fingerprint density at radius 3 is 2.46 bits per heavy atom. The van der Waals surface area contributed by atoms with Crippen LogP contribution in [0, 0.1) is 6.92 Å².